The Labute approximate surface area is 121 Å². The normalized spacial score (nSPS) is 21.2. The Morgan fingerprint density at radius 3 is 1.74 bits per heavy atom. The Morgan fingerprint density at radius 1 is 1.05 bits per heavy atom. The van der Waals surface area contributed by atoms with Crippen LogP contribution in [0.2, 0.25) is 0 Å². The average Bonchev–Trinajstić information content (AvgIpc) is 3.07. The van der Waals surface area contributed by atoms with Crippen molar-refractivity contribution in [2.24, 2.45) is 23.0 Å². The van der Waals surface area contributed by atoms with E-state index in [2.05, 4.69) is 46.4 Å². The molecule has 0 aliphatic heterocycles. The Bertz CT molecular complexity index is 256. The van der Waals surface area contributed by atoms with Crippen LogP contribution in [0.15, 0.2) is 0 Å². The molecule has 0 aromatic heterocycles. The lowest BCUT2D eigenvalue weighted by Gasteiger charge is -2.46. The molecule has 1 saturated carbocycles. The van der Waals surface area contributed by atoms with Crippen LogP contribution < -0.4 is 5.73 Å². The Morgan fingerprint density at radius 2 is 1.47 bits per heavy atom. The van der Waals surface area contributed by atoms with E-state index < -0.39 is 0 Å². The van der Waals surface area contributed by atoms with E-state index in [1.165, 1.54) is 38.8 Å². The molecule has 1 aliphatic rings. The van der Waals surface area contributed by atoms with Crippen LogP contribution in [0.25, 0.3) is 0 Å². The fourth-order valence-corrected chi connectivity index (χ4v) is 2.92. The number of nitrogens with two attached hydrogens (primary N) is 1. The standard InChI is InChI=1S/C17H36N2/c1-14(2)7-11-19(12-8-15(3)4)17(6,13-18)16(5)9-10-16/h14-15H,7-13,18H2,1-6H3. The minimum absolute atomic E-state index is 0.191. The molecule has 0 radical (unpaired) electrons. The summed E-state index contributed by atoms with van der Waals surface area (Å²) in [6, 6.07) is 0. The van der Waals surface area contributed by atoms with Crippen LogP contribution in [0.5, 0.6) is 0 Å². The number of nitrogens with zero attached hydrogens (tertiary/aromatic N) is 1. The molecule has 1 aliphatic carbocycles. The van der Waals surface area contributed by atoms with E-state index in [1.807, 2.05) is 0 Å². The lowest BCUT2D eigenvalue weighted by Crippen LogP contribution is -2.57. The SMILES string of the molecule is CC(C)CCN(CCC(C)C)C(C)(CN)C1(C)CC1. The van der Waals surface area contributed by atoms with Gasteiger partial charge < -0.3 is 5.73 Å². The first kappa shape index (κ1) is 17.0. The molecule has 0 aromatic carbocycles. The van der Waals surface area contributed by atoms with Crippen LogP contribution in [-0.2, 0) is 0 Å². The molecular weight excluding hydrogens is 232 g/mol. The van der Waals surface area contributed by atoms with E-state index in [-0.39, 0.29) is 5.54 Å². The molecule has 0 spiro atoms. The maximum atomic E-state index is 6.21. The van der Waals surface area contributed by atoms with E-state index in [9.17, 15) is 0 Å². The minimum Gasteiger partial charge on any atom is -0.329 e. The van der Waals surface area contributed by atoms with Gasteiger partial charge in [-0.15, -0.1) is 0 Å². The molecule has 1 rings (SSSR count). The summed E-state index contributed by atoms with van der Waals surface area (Å²) in [4.78, 5) is 2.71. The number of hydrogen-bond donors (Lipinski definition) is 1. The molecule has 0 amide bonds. The van der Waals surface area contributed by atoms with Crippen molar-refractivity contribution in [3.8, 4) is 0 Å². The molecule has 1 fully saturated rings. The first-order valence-electron chi connectivity index (χ1n) is 8.20. The molecule has 19 heavy (non-hydrogen) atoms. The average molecular weight is 268 g/mol. The molecule has 2 nitrogen and oxygen atoms in total. The van der Waals surface area contributed by atoms with Gasteiger partial charge in [0.1, 0.15) is 0 Å². The van der Waals surface area contributed by atoms with Crippen LogP contribution in [0.4, 0.5) is 0 Å². The smallest absolute Gasteiger partial charge is 0.0357 e. The highest BCUT2D eigenvalue weighted by Crippen LogP contribution is 2.55. The largest absolute Gasteiger partial charge is 0.329 e. The molecule has 0 saturated heterocycles. The van der Waals surface area contributed by atoms with Gasteiger partial charge in [-0.25, -0.2) is 0 Å². The molecule has 2 N–H and O–H groups in total. The topological polar surface area (TPSA) is 29.3 Å². The summed E-state index contributed by atoms with van der Waals surface area (Å²) in [6.45, 7) is 17.3. The van der Waals surface area contributed by atoms with Gasteiger partial charge in [0, 0.05) is 12.1 Å². The first-order chi connectivity index (χ1) is 8.75. The fourth-order valence-electron chi connectivity index (χ4n) is 2.92. The van der Waals surface area contributed by atoms with E-state index in [1.54, 1.807) is 0 Å². The monoisotopic (exact) mass is 268 g/mol. The molecule has 0 aromatic rings. The molecular formula is C17H36N2. The van der Waals surface area contributed by atoms with Crippen molar-refractivity contribution in [1.82, 2.24) is 4.90 Å². The summed E-state index contributed by atoms with van der Waals surface area (Å²) in [5, 5.41) is 0. The molecule has 0 bridgehead atoms. The number of hydrogen-bond acceptors (Lipinski definition) is 2. The third-order valence-electron chi connectivity index (χ3n) is 5.35. The van der Waals surface area contributed by atoms with Crippen molar-refractivity contribution in [1.29, 1.82) is 0 Å². The maximum Gasteiger partial charge on any atom is 0.0357 e. The lowest BCUT2D eigenvalue weighted by atomic mass is 9.81. The highest BCUT2D eigenvalue weighted by atomic mass is 15.2. The van der Waals surface area contributed by atoms with Gasteiger partial charge in [0.25, 0.3) is 0 Å². The molecule has 0 heterocycles. The van der Waals surface area contributed by atoms with Gasteiger partial charge in [-0.2, -0.15) is 0 Å². The van der Waals surface area contributed by atoms with Gasteiger partial charge in [0.2, 0.25) is 0 Å². The fraction of sp³-hybridized carbons (Fsp3) is 1.00. The zero-order chi connectivity index (χ0) is 14.7. The molecule has 1 atom stereocenters. The van der Waals surface area contributed by atoms with Gasteiger partial charge in [-0.1, -0.05) is 34.6 Å². The highest BCUT2D eigenvalue weighted by Gasteiger charge is 2.54. The van der Waals surface area contributed by atoms with Crippen LogP contribution in [0.1, 0.15) is 67.2 Å². The third kappa shape index (κ3) is 4.19. The summed E-state index contributed by atoms with van der Waals surface area (Å²) in [5.41, 5.74) is 6.85. The van der Waals surface area contributed by atoms with Crippen molar-refractivity contribution in [3.05, 3.63) is 0 Å². The summed E-state index contributed by atoms with van der Waals surface area (Å²) < 4.78 is 0. The van der Waals surface area contributed by atoms with Crippen LogP contribution in [0, 0.1) is 17.3 Å². The van der Waals surface area contributed by atoms with Crippen molar-refractivity contribution in [2.45, 2.75) is 72.8 Å². The quantitative estimate of drug-likeness (QED) is 0.687. The number of rotatable bonds is 9. The van der Waals surface area contributed by atoms with Crippen molar-refractivity contribution in [2.75, 3.05) is 19.6 Å². The summed E-state index contributed by atoms with van der Waals surface area (Å²) in [6.07, 6.45) is 5.26. The van der Waals surface area contributed by atoms with Crippen LogP contribution >= 0.6 is 0 Å². The zero-order valence-corrected chi connectivity index (χ0v) is 14.1. The van der Waals surface area contributed by atoms with Gasteiger partial charge in [0.15, 0.2) is 0 Å². The lowest BCUT2D eigenvalue weighted by molar-refractivity contribution is 0.0394. The van der Waals surface area contributed by atoms with E-state index in [4.69, 9.17) is 5.73 Å². The van der Waals surface area contributed by atoms with Gasteiger partial charge in [-0.3, -0.25) is 4.90 Å². The third-order valence-corrected chi connectivity index (χ3v) is 5.35. The van der Waals surface area contributed by atoms with Crippen molar-refractivity contribution in [3.63, 3.8) is 0 Å². The maximum absolute atomic E-state index is 6.21. The van der Waals surface area contributed by atoms with Gasteiger partial charge in [-0.05, 0) is 62.9 Å². The van der Waals surface area contributed by atoms with Crippen LogP contribution in [-0.4, -0.2) is 30.1 Å². The molecule has 1 unspecified atom stereocenters. The second-order valence-corrected chi connectivity index (χ2v) is 7.89. The second-order valence-electron chi connectivity index (χ2n) is 7.89. The van der Waals surface area contributed by atoms with Gasteiger partial charge in [0.05, 0.1) is 0 Å². The van der Waals surface area contributed by atoms with E-state index >= 15 is 0 Å². The molecule has 114 valence electrons. The molecule has 2 heteroatoms. The van der Waals surface area contributed by atoms with E-state index in [0.717, 1.165) is 18.4 Å². The Hall–Kier alpha value is -0.0800. The predicted octanol–water partition coefficient (Wildman–Crippen LogP) is 3.90. The highest BCUT2D eigenvalue weighted by molar-refractivity contribution is 5.09. The Balaban J connectivity index is 2.74. The Kier molecular flexibility index (Phi) is 5.88. The van der Waals surface area contributed by atoms with Gasteiger partial charge >= 0.3 is 0 Å². The zero-order valence-electron chi connectivity index (χ0n) is 14.1. The van der Waals surface area contributed by atoms with Crippen LogP contribution in [0.3, 0.4) is 0 Å². The second kappa shape index (κ2) is 6.58. The minimum atomic E-state index is 0.191. The van der Waals surface area contributed by atoms with Crippen molar-refractivity contribution < 1.29 is 0 Å². The van der Waals surface area contributed by atoms with E-state index in [0.29, 0.717) is 5.41 Å². The summed E-state index contributed by atoms with van der Waals surface area (Å²) in [7, 11) is 0. The predicted molar refractivity (Wildman–Crippen MR) is 85.3 cm³/mol. The summed E-state index contributed by atoms with van der Waals surface area (Å²) in [5.74, 6) is 1.55. The summed E-state index contributed by atoms with van der Waals surface area (Å²) >= 11 is 0. The first-order valence-corrected chi connectivity index (χ1v) is 8.20. The van der Waals surface area contributed by atoms with Crippen molar-refractivity contribution >= 4 is 0 Å².